The smallest absolute Gasteiger partial charge is 0.207 e. The van der Waals surface area contributed by atoms with Crippen LogP contribution in [0.3, 0.4) is 0 Å². The van der Waals surface area contributed by atoms with E-state index in [-0.39, 0.29) is 11.6 Å². The van der Waals surface area contributed by atoms with E-state index in [4.69, 9.17) is 9.47 Å². The van der Waals surface area contributed by atoms with Gasteiger partial charge in [0, 0.05) is 18.9 Å². The number of carbonyl (C=O) groups excluding carboxylic acids is 1. The molecule has 0 aliphatic heterocycles. The Labute approximate surface area is 94.5 Å². The quantitative estimate of drug-likeness (QED) is 0.337. The first-order chi connectivity index (χ1) is 7.28. The lowest BCUT2D eigenvalue weighted by molar-refractivity contribution is -0.110. The van der Waals surface area contributed by atoms with Crippen molar-refractivity contribution >= 4 is 15.9 Å². The van der Waals surface area contributed by atoms with E-state index in [1.807, 2.05) is 13.8 Å². The molecule has 15 heavy (non-hydrogen) atoms. The van der Waals surface area contributed by atoms with Gasteiger partial charge in [-0.05, 0) is 20.3 Å². The number of ether oxygens (including phenoxy) is 2. The first kappa shape index (κ1) is 14.6. The molecule has 0 heterocycles. The minimum absolute atomic E-state index is 0.0657. The second-order valence-corrected chi connectivity index (χ2v) is 5.47. The summed E-state index contributed by atoms with van der Waals surface area (Å²) in [6.07, 6.45) is 2.87. The molecule has 1 amide bonds. The van der Waals surface area contributed by atoms with Crippen LogP contribution in [0, 0.1) is 0 Å². The van der Waals surface area contributed by atoms with Crippen LogP contribution in [0.2, 0.25) is 0 Å². The second kappa shape index (κ2) is 10.1. The molecule has 0 bridgehead atoms. The van der Waals surface area contributed by atoms with E-state index in [1.54, 1.807) is 0 Å². The summed E-state index contributed by atoms with van der Waals surface area (Å²) in [6, 6.07) is 0. The van der Waals surface area contributed by atoms with Crippen molar-refractivity contribution in [2.75, 3.05) is 13.2 Å². The van der Waals surface area contributed by atoms with Gasteiger partial charge >= 0.3 is 0 Å². The average molecular weight is 233 g/mol. The summed E-state index contributed by atoms with van der Waals surface area (Å²) in [7, 11) is -0.591. The van der Waals surface area contributed by atoms with Gasteiger partial charge in [-0.15, -0.1) is 0 Å². The minimum Gasteiger partial charge on any atom is -0.359 e. The number of hydrogen-bond donors (Lipinski definition) is 1. The molecule has 0 aliphatic carbocycles. The molecular formula is C10H23NO3Si. The van der Waals surface area contributed by atoms with E-state index >= 15 is 0 Å². The maximum atomic E-state index is 10.4. The molecule has 0 rings (SSSR count). The Hall–Kier alpha value is -0.393. The fraction of sp³-hybridized carbons (Fsp3) is 0.900. The zero-order valence-corrected chi connectivity index (χ0v) is 11.4. The molecule has 0 aromatic carbocycles. The average Bonchev–Trinajstić information content (AvgIpc) is 2.19. The third-order valence-corrected chi connectivity index (χ3v) is 4.19. The van der Waals surface area contributed by atoms with Crippen LogP contribution in [-0.2, 0) is 14.3 Å². The number of nitrogens with one attached hydrogen (secondary N) is 1. The first-order valence-electron chi connectivity index (χ1n) is 5.71. The van der Waals surface area contributed by atoms with Gasteiger partial charge < -0.3 is 14.8 Å². The van der Waals surface area contributed by atoms with Crippen LogP contribution in [0.25, 0.3) is 0 Å². The van der Waals surface area contributed by atoms with Crippen molar-refractivity contribution < 1.29 is 14.3 Å². The van der Waals surface area contributed by atoms with Crippen molar-refractivity contribution in [3.05, 3.63) is 0 Å². The van der Waals surface area contributed by atoms with Gasteiger partial charge in [0.1, 0.15) is 15.4 Å². The van der Waals surface area contributed by atoms with E-state index in [2.05, 4.69) is 12.2 Å². The summed E-state index contributed by atoms with van der Waals surface area (Å²) in [5, 5.41) is 2.85. The van der Waals surface area contributed by atoms with Crippen LogP contribution in [0.5, 0.6) is 0 Å². The van der Waals surface area contributed by atoms with Crippen LogP contribution in [0.15, 0.2) is 0 Å². The van der Waals surface area contributed by atoms with E-state index < -0.39 is 9.52 Å². The van der Waals surface area contributed by atoms with Crippen LogP contribution in [-0.4, -0.2) is 40.7 Å². The van der Waals surface area contributed by atoms with Crippen LogP contribution >= 0.6 is 0 Å². The maximum Gasteiger partial charge on any atom is 0.207 e. The van der Waals surface area contributed by atoms with Crippen LogP contribution in [0.1, 0.15) is 33.6 Å². The molecule has 4 nitrogen and oxygen atoms in total. The summed E-state index contributed by atoms with van der Waals surface area (Å²) in [5.74, 6) is -0.0657. The SMILES string of the molecule is CCCC(NC=O)[SiH2]C(OCC)OCC. The van der Waals surface area contributed by atoms with Gasteiger partial charge in [-0.1, -0.05) is 13.3 Å². The number of amides is 1. The standard InChI is InChI=1S/C10H23NO3Si/c1-4-7-9(11-8-12)15-10(13-5-2)14-6-3/h8-10H,4-7,15H2,1-3H3,(H,11,12). The topological polar surface area (TPSA) is 47.6 Å². The molecule has 90 valence electrons. The predicted molar refractivity (Wildman–Crippen MR) is 63.5 cm³/mol. The lowest BCUT2D eigenvalue weighted by Gasteiger charge is -2.22. The Bertz CT molecular complexity index is 152. The Morgan fingerprint density at radius 2 is 1.87 bits per heavy atom. The monoisotopic (exact) mass is 233 g/mol. The van der Waals surface area contributed by atoms with Crippen molar-refractivity contribution in [3.63, 3.8) is 0 Å². The Balaban J connectivity index is 3.99. The van der Waals surface area contributed by atoms with Crippen molar-refractivity contribution in [2.45, 2.75) is 45.2 Å². The molecule has 0 saturated heterocycles. The second-order valence-electron chi connectivity index (χ2n) is 3.35. The lowest BCUT2D eigenvalue weighted by atomic mass is 10.3. The van der Waals surface area contributed by atoms with E-state index in [9.17, 15) is 4.79 Å². The summed E-state index contributed by atoms with van der Waals surface area (Å²) in [5.41, 5.74) is 0.288. The van der Waals surface area contributed by atoms with E-state index in [0.29, 0.717) is 13.2 Å². The molecule has 0 radical (unpaired) electrons. The highest BCUT2D eigenvalue weighted by molar-refractivity contribution is 6.39. The zero-order chi connectivity index (χ0) is 11.5. The van der Waals surface area contributed by atoms with Gasteiger partial charge in [-0.3, -0.25) is 4.79 Å². The summed E-state index contributed by atoms with van der Waals surface area (Å²) < 4.78 is 11.0. The van der Waals surface area contributed by atoms with Gasteiger partial charge in [0.15, 0.2) is 0 Å². The van der Waals surface area contributed by atoms with Crippen LogP contribution in [0.4, 0.5) is 0 Å². The van der Waals surface area contributed by atoms with E-state index in [1.165, 1.54) is 0 Å². The third kappa shape index (κ3) is 7.53. The van der Waals surface area contributed by atoms with Crippen molar-refractivity contribution in [1.29, 1.82) is 0 Å². The Morgan fingerprint density at radius 3 is 2.27 bits per heavy atom. The van der Waals surface area contributed by atoms with Crippen LogP contribution < -0.4 is 5.32 Å². The molecule has 1 unspecified atom stereocenters. The molecule has 5 heteroatoms. The fourth-order valence-electron chi connectivity index (χ4n) is 1.50. The third-order valence-electron chi connectivity index (χ3n) is 2.12. The largest absolute Gasteiger partial charge is 0.359 e. The van der Waals surface area contributed by atoms with Gasteiger partial charge in [0.05, 0.1) is 0 Å². The maximum absolute atomic E-state index is 10.4. The minimum atomic E-state index is -0.591. The number of carbonyl (C=O) groups is 1. The van der Waals surface area contributed by atoms with Gasteiger partial charge in [0.2, 0.25) is 6.41 Å². The van der Waals surface area contributed by atoms with Crippen molar-refractivity contribution in [1.82, 2.24) is 5.32 Å². The molecular weight excluding hydrogens is 210 g/mol. The first-order valence-corrected chi connectivity index (χ1v) is 7.34. The number of hydrogen-bond acceptors (Lipinski definition) is 3. The predicted octanol–water partition coefficient (Wildman–Crippen LogP) is 0.384. The Morgan fingerprint density at radius 1 is 1.27 bits per heavy atom. The normalized spacial score (nSPS) is 13.6. The van der Waals surface area contributed by atoms with Crippen molar-refractivity contribution in [3.8, 4) is 0 Å². The molecule has 0 spiro atoms. The zero-order valence-electron chi connectivity index (χ0n) is 9.99. The van der Waals surface area contributed by atoms with E-state index in [0.717, 1.165) is 19.3 Å². The highest BCUT2D eigenvalue weighted by Crippen LogP contribution is 2.01. The Kier molecular flexibility index (Phi) is 9.87. The van der Waals surface area contributed by atoms with Crippen molar-refractivity contribution in [2.24, 2.45) is 0 Å². The fourth-order valence-corrected chi connectivity index (χ4v) is 3.59. The molecule has 0 saturated carbocycles. The summed E-state index contributed by atoms with van der Waals surface area (Å²) >= 11 is 0. The molecule has 0 fully saturated rings. The summed E-state index contributed by atoms with van der Waals surface area (Å²) in [6.45, 7) is 7.37. The molecule has 0 aromatic heterocycles. The lowest BCUT2D eigenvalue weighted by Crippen LogP contribution is -2.41. The van der Waals surface area contributed by atoms with Gasteiger partial charge in [-0.2, -0.15) is 0 Å². The molecule has 0 aromatic rings. The molecule has 1 N–H and O–H groups in total. The highest BCUT2D eigenvalue weighted by Gasteiger charge is 2.16. The van der Waals surface area contributed by atoms with Gasteiger partial charge in [-0.25, -0.2) is 0 Å². The summed E-state index contributed by atoms with van der Waals surface area (Å²) in [4.78, 5) is 10.4. The highest BCUT2D eigenvalue weighted by atomic mass is 28.2. The molecule has 0 aliphatic rings. The number of rotatable bonds is 10. The molecule has 1 atom stereocenters. The van der Waals surface area contributed by atoms with Gasteiger partial charge in [0.25, 0.3) is 0 Å².